The summed E-state index contributed by atoms with van der Waals surface area (Å²) in [7, 11) is 1.83. The Balaban J connectivity index is 1.44. The first-order chi connectivity index (χ1) is 13.3. The molecule has 1 aromatic heterocycles. The van der Waals surface area contributed by atoms with Crippen molar-refractivity contribution in [3.8, 4) is 0 Å². The van der Waals surface area contributed by atoms with Crippen LogP contribution in [0.5, 0.6) is 0 Å². The van der Waals surface area contributed by atoms with Gasteiger partial charge in [-0.05, 0) is 30.5 Å². The normalized spacial score (nSPS) is 22.8. The van der Waals surface area contributed by atoms with Crippen molar-refractivity contribution in [2.45, 2.75) is 31.5 Å². The van der Waals surface area contributed by atoms with E-state index in [9.17, 15) is 18.0 Å². The van der Waals surface area contributed by atoms with Crippen LogP contribution in [0.4, 0.5) is 13.2 Å². The van der Waals surface area contributed by atoms with Crippen LogP contribution in [0.2, 0.25) is 0 Å². The van der Waals surface area contributed by atoms with Crippen LogP contribution in [-0.4, -0.2) is 45.5 Å². The standard InChI is InChI=1S/C19H21F3N4O2/c1-25-16-10-13(4-7-15(16)23-24-25)18(27)26-8-9-28-17(11-26)12-2-5-14(6-3-12)19(20,21)22/h2-3,5-6,13,17H,4,7-11H2,1H3. The monoisotopic (exact) mass is 394 g/mol. The predicted octanol–water partition coefficient (Wildman–Crippen LogP) is 2.54. The van der Waals surface area contributed by atoms with Crippen LogP contribution in [0.1, 0.15) is 35.0 Å². The molecule has 1 fully saturated rings. The predicted molar refractivity (Wildman–Crippen MR) is 93.2 cm³/mol. The molecule has 1 aliphatic carbocycles. The van der Waals surface area contributed by atoms with Gasteiger partial charge in [-0.3, -0.25) is 9.48 Å². The second kappa shape index (κ2) is 7.20. The highest BCUT2D eigenvalue weighted by atomic mass is 19.4. The van der Waals surface area contributed by atoms with Gasteiger partial charge >= 0.3 is 6.18 Å². The third kappa shape index (κ3) is 3.63. The summed E-state index contributed by atoms with van der Waals surface area (Å²) in [6.07, 6.45) is -2.72. The third-order valence-electron chi connectivity index (χ3n) is 5.53. The fourth-order valence-corrected chi connectivity index (χ4v) is 3.92. The van der Waals surface area contributed by atoms with Gasteiger partial charge in [0.15, 0.2) is 0 Å². The van der Waals surface area contributed by atoms with E-state index in [0.29, 0.717) is 31.7 Å². The highest BCUT2D eigenvalue weighted by molar-refractivity contribution is 5.79. The molecule has 2 heterocycles. The maximum absolute atomic E-state index is 13.0. The molecule has 0 N–H and O–H groups in total. The number of fused-ring (bicyclic) bond motifs is 1. The lowest BCUT2D eigenvalue weighted by atomic mass is 9.88. The topological polar surface area (TPSA) is 60.2 Å². The van der Waals surface area contributed by atoms with E-state index in [2.05, 4.69) is 10.3 Å². The summed E-state index contributed by atoms with van der Waals surface area (Å²) < 4.78 is 45.7. The molecule has 1 aromatic carbocycles. The molecule has 6 nitrogen and oxygen atoms in total. The Bertz CT molecular complexity index is 863. The fourth-order valence-electron chi connectivity index (χ4n) is 3.92. The van der Waals surface area contributed by atoms with Crippen LogP contribution in [0.3, 0.4) is 0 Å². The van der Waals surface area contributed by atoms with Crippen LogP contribution in [0.15, 0.2) is 24.3 Å². The Hall–Kier alpha value is -2.42. The molecule has 2 aliphatic rings. The highest BCUT2D eigenvalue weighted by Crippen LogP contribution is 2.32. The van der Waals surface area contributed by atoms with E-state index in [1.54, 1.807) is 9.58 Å². The lowest BCUT2D eigenvalue weighted by molar-refractivity contribution is -0.143. The number of aryl methyl sites for hydroxylation is 2. The number of benzene rings is 1. The van der Waals surface area contributed by atoms with Crippen molar-refractivity contribution in [1.82, 2.24) is 19.9 Å². The zero-order valence-corrected chi connectivity index (χ0v) is 15.4. The average molecular weight is 394 g/mol. The maximum Gasteiger partial charge on any atom is 0.416 e. The smallest absolute Gasteiger partial charge is 0.370 e. The number of alkyl halides is 3. The molecule has 0 radical (unpaired) electrons. The molecule has 1 saturated heterocycles. The minimum Gasteiger partial charge on any atom is -0.370 e. The zero-order chi connectivity index (χ0) is 19.9. The number of nitrogens with zero attached hydrogens (tertiary/aromatic N) is 4. The molecule has 2 unspecified atom stereocenters. The van der Waals surface area contributed by atoms with E-state index in [4.69, 9.17) is 4.74 Å². The molecule has 0 bridgehead atoms. The lowest BCUT2D eigenvalue weighted by Crippen LogP contribution is -2.46. The molecule has 1 aliphatic heterocycles. The number of rotatable bonds is 2. The van der Waals surface area contributed by atoms with Crippen LogP contribution < -0.4 is 0 Å². The van der Waals surface area contributed by atoms with Crippen molar-refractivity contribution in [1.29, 1.82) is 0 Å². The number of hydrogen-bond donors (Lipinski definition) is 0. The highest BCUT2D eigenvalue weighted by Gasteiger charge is 2.34. The Morgan fingerprint density at radius 1 is 1.25 bits per heavy atom. The van der Waals surface area contributed by atoms with Gasteiger partial charge in [0.25, 0.3) is 0 Å². The fraction of sp³-hybridized carbons (Fsp3) is 0.526. The number of carbonyl (C=O) groups is 1. The first-order valence-electron chi connectivity index (χ1n) is 9.28. The minimum absolute atomic E-state index is 0.0621. The summed E-state index contributed by atoms with van der Waals surface area (Å²) in [6, 6.07) is 4.96. The molecule has 2 atom stereocenters. The van der Waals surface area contributed by atoms with Crippen LogP contribution in [-0.2, 0) is 35.6 Å². The molecule has 4 rings (SSSR count). The van der Waals surface area contributed by atoms with E-state index in [1.165, 1.54) is 12.1 Å². The average Bonchev–Trinajstić information content (AvgIpc) is 3.07. The summed E-state index contributed by atoms with van der Waals surface area (Å²) >= 11 is 0. The van der Waals surface area contributed by atoms with Crippen molar-refractivity contribution in [3.63, 3.8) is 0 Å². The lowest BCUT2D eigenvalue weighted by Gasteiger charge is -2.36. The van der Waals surface area contributed by atoms with Gasteiger partial charge in [0, 0.05) is 25.9 Å². The minimum atomic E-state index is -4.37. The van der Waals surface area contributed by atoms with Crippen LogP contribution in [0, 0.1) is 5.92 Å². The summed E-state index contributed by atoms with van der Waals surface area (Å²) in [5.41, 5.74) is 1.91. The van der Waals surface area contributed by atoms with E-state index in [0.717, 1.165) is 36.4 Å². The molecule has 9 heteroatoms. The van der Waals surface area contributed by atoms with Crippen molar-refractivity contribution in [2.75, 3.05) is 19.7 Å². The summed E-state index contributed by atoms with van der Waals surface area (Å²) in [4.78, 5) is 14.8. The van der Waals surface area contributed by atoms with E-state index >= 15 is 0 Å². The first-order valence-corrected chi connectivity index (χ1v) is 9.28. The number of aromatic nitrogens is 3. The molecule has 1 amide bonds. The number of halogens is 3. The van der Waals surface area contributed by atoms with Gasteiger partial charge < -0.3 is 9.64 Å². The van der Waals surface area contributed by atoms with E-state index in [1.807, 2.05) is 7.05 Å². The SMILES string of the molecule is Cn1nnc2c1CC(C(=O)N1CCOC(c3ccc(C(F)(F)F)cc3)C1)CC2. The number of hydrogen-bond acceptors (Lipinski definition) is 4. The number of amides is 1. The molecule has 0 spiro atoms. The molecule has 28 heavy (non-hydrogen) atoms. The van der Waals surface area contributed by atoms with Gasteiger partial charge in [0.05, 0.1) is 30.1 Å². The van der Waals surface area contributed by atoms with Crippen molar-refractivity contribution in [2.24, 2.45) is 13.0 Å². The molecule has 0 saturated carbocycles. The Morgan fingerprint density at radius 2 is 2.00 bits per heavy atom. The van der Waals surface area contributed by atoms with Gasteiger partial charge in [-0.1, -0.05) is 17.3 Å². The molecule has 150 valence electrons. The second-order valence-corrected chi connectivity index (χ2v) is 7.31. The number of morpholine rings is 1. The third-order valence-corrected chi connectivity index (χ3v) is 5.53. The van der Waals surface area contributed by atoms with E-state index < -0.39 is 17.8 Å². The Kier molecular flexibility index (Phi) is 4.86. The summed E-state index contributed by atoms with van der Waals surface area (Å²) in [5, 5.41) is 8.15. The van der Waals surface area contributed by atoms with Crippen molar-refractivity contribution in [3.05, 3.63) is 46.8 Å². The van der Waals surface area contributed by atoms with Gasteiger partial charge in [0.2, 0.25) is 5.91 Å². The summed E-state index contributed by atoms with van der Waals surface area (Å²) in [5.74, 6) is -0.0666. The van der Waals surface area contributed by atoms with Crippen LogP contribution in [0.25, 0.3) is 0 Å². The first kappa shape index (κ1) is 18.9. The Morgan fingerprint density at radius 3 is 2.71 bits per heavy atom. The number of carbonyl (C=O) groups excluding carboxylic acids is 1. The molecular formula is C19H21F3N4O2. The Labute approximate surface area is 160 Å². The van der Waals surface area contributed by atoms with Crippen molar-refractivity contribution < 1.29 is 22.7 Å². The van der Waals surface area contributed by atoms with E-state index in [-0.39, 0.29) is 11.8 Å². The second-order valence-electron chi connectivity index (χ2n) is 7.31. The van der Waals surface area contributed by atoms with Crippen LogP contribution >= 0.6 is 0 Å². The van der Waals surface area contributed by atoms with Gasteiger partial charge in [-0.2, -0.15) is 13.2 Å². The number of ether oxygens (including phenoxy) is 1. The summed E-state index contributed by atoms with van der Waals surface area (Å²) in [6.45, 7) is 1.20. The van der Waals surface area contributed by atoms with Gasteiger partial charge in [-0.25, -0.2) is 0 Å². The molecular weight excluding hydrogens is 373 g/mol. The van der Waals surface area contributed by atoms with Gasteiger partial charge in [0.1, 0.15) is 6.10 Å². The van der Waals surface area contributed by atoms with Gasteiger partial charge in [-0.15, -0.1) is 5.10 Å². The maximum atomic E-state index is 13.0. The van der Waals surface area contributed by atoms with Crippen molar-refractivity contribution >= 4 is 5.91 Å². The molecule has 2 aromatic rings. The zero-order valence-electron chi connectivity index (χ0n) is 15.4. The quantitative estimate of drug-likeness (QED) is 0.786. The largest absolute Gasteiger partial charge is 0.416 e.